The third-order valence-electron chi connectivity index (χ3n) is 4.64. The zero-order valence-corrected chi connectivity index (χ0v) is 19.4. The Kier molecular flexibility index (Phi) is 10.4. The van der Waals surface area contributed by atoms with E-state index in [-0.39, 0.29) is 30.4 Å². The molecule has 1 aromatic carbocycles. The van der Waals surface area contributed by atoms with Crippen molar-refractivity contribution in [2.75, 3.05) is 33.3 Å². The molecule has 1 fully saturated rings. The lowest BCUT2D eigenvalue weighted by atomic mass is 10.1. The predicted octanol–water partition coefficient (Wildman–Crippen LogP) is 3.48. The van der Waals surface area contributed by atoms with Crippen LogP contribution in [-0.4, -0.2) is 48.0 Å². The van der Waals surface area contributed by atoms with Crippen molar-refractivity contribution in [3.63, 3.8) is 0 Å². The van der Waals surface area contributed by atoms with E-state index >= 15 is 0 Å². The molecule has 162 valence electrons. The first kappa shape index (κ1) is 25.7. The second-order valence-corrected chi connectivity index (χ2v) is 7.72. The highest BCUT2D eigenvalue weighted by Gasteiger charge is 2.16. The third-order valence-corrected chi connectivity index (χ3v) is 4.93. The van der Waals surface area contributed by atoms with Gasteiger partial charge in [-0.25, -0.2) is 4.68 Å². The fraction of sp³-hybridized carbons (Fsp3) is 0.500. The van der Waals surface area contributed by atoms with Crippen LogP contribution in [0.3, 0.4) is 0 Å². The molecule has 9 heteroatoms. The second kappa shape index (κ2) is 11.8. The molecule has 0 spiro atoms. The summed E-state index contributed by atoms with van der Waals surface area (Å²) in [6, 6.07) is 7.49. The van der Waals surface area contributed by atoms with Crippen molar-refractivity contribution in [3.05, 3.63) is 45.2 Å². The molecular weight excluding hydrogens is 435 g/mol. The summed E-state index contributed by atoms with van der Waals surface area (Å²) in [4.78, 5) is 15.2. The standard InChI is InChI=1S/C20H27ClN4O2.2ClH/c1-14(2)12-25-20(26)16(13-24-8-6-22-7-9-24)11-18(23-25)15-4-5-19(27-3)17(21)10-15;;/h4-5,10-11,14,22H,6-9,12-13H2,1-3H3;2*1H. The summed E-state index contributed by atoms with van der Waals surface area (Å²) in [5.74, 6) is 0.953. The third kappa shape index (κ3) is 6.59. The van der Waals surface area contributed by atoms with Gasteiger partial charge in [0.05, 0.1) is 17.8 Å². The number of nitrogens with zero attached hydrogens (tertiary/aromatic N) is 3. The molecule has 29 heavy (non-hydrogen) atoms. The highest BCUT2D eigenvalue weighted by atomic mass is 35.5. The van der Waals surface area contributed by atoms with Gasteiger partial charge < -0.3 is 10.1 Å². The maximum absolute atomic E-state index is 12.9. The molecule has 6 nitrogen and oxygen atoms in total. The number of ether oxygens (including phenoxy) is 1. The van der Waals surface area contributed by atoms with Gasteiger partial charge in [-0.3, -0.25) is 9.69 Å². The molecule has 1 aliphatic heterocycles. The Morgan fingerprint density at radius 1 is 1.21 bits per heavy atom. The molecule has 1 aromatic heterocycles. The van der Waals surface area contributed by atoms with Crippen LogP contribution >= 0.6 is 36.4 Å². The molecule has 1 aliphatic rings. The minimum absolute atomic E-state index is 0. The van der Waals surface area contributed by atoms with Crippen LogP contribution in [0.4, 0.5) is 0 Å². The number of piperazine rings is 1. The Morgan fingerprint density at radius 3 is 2.48 bits per heavy atom. The minimum atomic E-state index is -0.00871. The number of nitrogens with one attached hydrogen (secondary N) is 1. The topological polar surface area (TPSA) is 59.4 Å². The fourth-order valence-corrected chi connectivity index (χ4v) is 3.51. The summed E-state index contributed by atoms with van der Waals surface area (Å²) in [6.07, 6.45) is 0. The molecule has 3 rings (SSSR count). The Morgan fingerprint density at radius 2 is 1.90 bits per heavy atom. The van der Waals surface area contributed by atoms with E-state index in [1.165, 1.54) is 0 Å². The second-order valence-electron chi connectivity index (χ2n) is 7.31. The van der Waals surface area contributed by atoms with Gasteiger partial charge in [0.15, 0.2) is 0 Å². The van der Waals surface area contributed by atoms with Crippen molar-refractivity contribution in [1.29, 1.82) is 0 Å². The van der Waals surface area contributed by atoms with E-state index in [0.717, 1.165) is 43.0 Å². The number of aromatic nitrogens is 2. The van der Waals surface area contributed by atoms with E-state index in [2.05, 4.69) is 29.2 Å². The summed E-state index contributed by atoms with van der Waals surface area (Å²) in [6.45, 7) is 9.18. The Balaban J connectivity index is 0.00000210. The molecule has 0 unspecified atom stereocenters. The molecule has 2 heterocycles. The first-order valence-electron chi connectivity index (χ1n) is 9.36. The average Bonchev–Trinajstić information content (AvgIpc) is 2.65. The first-order valence-corrected chi connectivity index (χ1v) is 9.73. The zero-order valence-electron chi connectivity index (χ0n) is 17.0. The van der Waals surface area contributed by atoms with Crippen LogP contribution in [0.1, 0.15) is 19.4 Å². The quantitative estimate of drug-likeness (QED) is 0.711. The normalized spacial score (nSPS) is 14.2. The molecule has 1 saturated heterocycles. The summed E-state index contributed by atoms with van der Waals surface area (Å²) in [5.41, 5.74) is 2.39. The fourth-order valence-electron chi connectivity index (χ4n) is 3.26. The molecule has 0 saturated carbocycles. The molecule has 1 N–H and O–H groups in total. The Bertz CT molecular complexity index is 852. The minimum Gasteiger partial charge on any atom is -0.495 e. The van der Waals surface area contributed by atoms with Crippen molar-refractivity contribution in [2.45, 2.75) is 26.9 Å². The van der Waals surface area contributed by atoms with Gasteiger partial charge in [0.25, 0.3) is 5.56 Å². The van der Waals surface area contributed by atoms with Gasteiger partial charge in [0, 0.05) is 50.4 Å². The van der Waals surface area contributed by atoms with Crippen molar-refractivity contribution >= 4 is 36.4 Å². The van der Waals surface area contributed by atoms with Crippen molar-refractivity contribution in [2.24, 2.45) is 5.92 Å². The van der Waals surface area contributed by atoms with Crippen LogP contribution in [0, 0.1) is 5.92 Å². The van der Waals surface area contributed by atoms with Crippen LogP contribution in [0.2, 0.25) is 5.02 Å². The lowest BCUT2D eigenvalue weighted by Gasteiger charge is -2.27. The Labute approximate surface area is 189 Å². The van der Waals surface area contributed by atoms with Crippen LogP contribution < -0.4 is 15.6 Å². The largest absolute Gasteiger partial charge is 0.495 e. The molecule has 2 aromatic rings. The van der Waals surface area contributed by atoms with Gasteiger partial charge in [-0.05, 0) is 30.2 Å². The molecule has 0 amide bonds. The number of hydrogen-bond acceptors (Lipinski definition) is 5. The molecule has 0 bridgehead atoms. The van der Waals surface area contributed by atoms with E-state index in [9.17, 15) is 4.79 Å². The van der Waals surface area contributed by atoms with Crippen LogP contribution in [0.25, 0.3) is 11.3 Å². The van der Waals surface area contributed by atoms with Crippen LogP contribution in [0.15, 0.2) is 29.1 Å². The number of hydrogen-bond donors (Lipinski definition) is 1. The van der Waals surface area contributed by atoms with Gasteiger partial charge in [-0.1, -0.05) is 25.4 Å². The zero-order chi connectivity index (χ0) is 19.4. The number of methoxy groups -OCH3 is 1. The SMILES string of the molecule is COc1ccc(-c2cc(CN3CCNCC3)c(=O)n(CC(C)C)n2)cc1Cl.Cl.Cl. The molecule has 0 atom stereocenters. The van der Waals surface area contributed by atoms with Gasteiger partial charge in [-0.15, -0.1) is 24.8 Å². The van der Waals surface area contributed by atoms with Gasteiger partial charge in [-0.2, -0.15) is 5.10 Å². The van der Waals surface area contributed by atoms with Gasteiger partial charge in [0.2, 0.25) is 0 Å². The average molecular weight is 464 g/mol. The summed E-state index contributed by atoms with van der Waals surface area (Å²) in [7, 11) is 1.59. The predicted molar refractivity (Wildman–Crippen MR) is 123 cm³/mol. The van der Waals surface area contributed by atoms with Crippen LogP contribution in [0.5, 0.6) is 5.75 Å². The highest BCUT2D eigenvalue weighted by molar-refractivity contribution is 6.32. The van der Waals surface area contributed by atoms with Crippen molar-refractivity contribution < 1.29 is 4.74 Å². The molecule has 0 radical (unpaired) electrons. The van der Waals surface area contributed by atoms with Gasteiger partial charge >= 0.3 is 0 Å². The number of halogens is 3. The van der Waals surface area contributed by atoms with E-state index in [1.54, 1.807) is 11.8 Å². The van der Waals surface area contributed by atoms with Gasteiger partial charge in [0.1, 0.15) is 5.75 Å². The number of benzene rings is 1. The van der Waals surface area contributed by atoms with E-state index in [0.29, 0.717) is 29.8 Å². The lowest BCUT2D eigenvalue weighted by molar-refractivity contribution is 0.231. The van der Waals surface area contributed by atoms with Crippen LogP contribution in [-0.2, 0) is 13.1 Å². The first-order chi connectivity index (χ1) is 13.0. The monoisotopic (exact) mass is 462 g/mol. The van der Waals surface area contributed by atoms with E-state index < -0.39 is 0 Å². The summed E-state index contributed by atoms with van der Waals surface area (Å²) in [5, 5.41) is 8.48. The summed E-state index contributed by atoms with van der Waals surface area (Å²) >= 11 is 6.29. The summed E-state index contributed by atoms with van der Waals surface area (Å²) < 4.78 is 6.83. The maximum Gasteiger partial charge on any atom is 0.271 e. The molecule has 0 aliphatic carbocycles. The number of rotatable bonds is 6. The van der Waals surface area contributed by atoms with Crippen molar-refractivity contribution in [1.82, 2.24) is 20.0 Å². The Hall–Kier alpha value is -1.31. The van der Waals surface area contributed by atoms with Crippen molar-refractivity contribution in [3.8, 4) is 17.0 Å². The van der Waals surface area contributed by atoms with E-state index in [4.69, 9.17) is 16.3 Å². The lowest BCUT2D eigenvalue weighted by Crippen LogP contribution is -2.44. The van der Waals surface area contributed by atoms with E-state index in [1.807, 2.05) is 24.3 Å². The highest BCUT2D eigenvalue weighted by Crippen LogP contribution is 2.29. The maximum atomic E-state index is 12.9. The smallest absolute Gasteiger partial charge is 0.271 e. The molecular formula is C20H29Cl3N4O2.